The number of nitrogens with one attached hydrogen (secondary N) is 1. The van der Waals surface area contributed by atoms with Crippen molar-refractivity contribution in [1.29, 1.82) is 0 Å². The minimum Gasteiger partial charge on any atom is -0.478 e. The SMILES string of the molecule is O=N/C=C/C(=N/Nc1ccc(C(=O)O)cc1)[N+](=O)[O-].[Na+]. The topological polar surface area (TPSA) is 134 Å². The van der Waals surface area contributed by atoms with Gasteiger partial charge in [0.1, 0.15) is 0 Å². The monoisotopic (exact) mass is 287 g/mol. The summed E-state index contributed by atoms with van der Waals surface area (Å²) in [6, 6.07) is 5.42. The van der Waals surface area contributed by atoms with Crippen LogP contribution in [-0.4, -0.2) is 21.8 Å². The molecular formula is C10H8N4NaO5+. The van der Waals surface area contributed by atoms with Crippen LogP contribution in [0.15, 0.2) is 46.8 Å². The molecule has 20 heavy (non-hydrogen) atoms. The first-order valence-electron chi connectivity index (χ1n) is 4.85. The standard InChI is InChI=1S/C10H8N4O5.Na/c15-10(16)7-1-3-8(4-2-7)12-13-9(14(18)19)5-6-11-17;/h1-6,12H,(H,15,16);/q;+1/b6-5+,13-9-;. The third-order valence-electron chi connectivity index (χ3n) is 1.90. The average molecular weight is 287 g/mol. The number of nitrogens with zero attached hydrogens (tertiary/aromatic N) is 3. The molecule has 0 spiro atoms. The molecule has 1 aromatic rings. The van der Waals surface area contributed by atoms with Gasteiger partial charge < -0.3 is 15.2 Å². The van der Waals surface area contributed by atoms with Crippen LogP contribution in [0, 0.1) is 15.0 Å². The van der Waals surface area contributed by atoms with E-state index in [4.69, 9.17) is 5.11 Å². The number of carboxylic acids is 1. The summed E-state index contributed by atoms with van der Waals surface area (Å²) >= 11 is 0. The van der Waals surface area contributed by atoms with Gasteiger partial charge in [0, 0.05) is 0 Å². The van der Waals surface area contributed by atoms with E-state index < -0.39 is 16.7 Å². The Labute approximate surface area is 134 Å². The third kappa shape index (κ3) is 5.69. The molecule has 10 heteroatoms. The minimum absolute atomic E-state index is 0. The molecule has 0 aliphatic heterocycles. The largest absolute Gasteiger partial charge is 1.00 e. The number of rotatable bonds is 5. The van der Waals surface area contributed by atoms with Crippen molar-refractivity contribution in [3.63, 3.8) is 0 Å². The molecule has 98 valence electrons. The summed E-state index contributed by atoms with van der Waals surface area (Å²) in [5.41, 5.74) is 2.80. The van der Waals surface area contributed by atoms with Crippen molar-refractivity contribution in [1.82, 2.24) is 0 Å². The van der Waals surface area contributed by atoms with Crippen LogP contribution >= 0.6 is 0 Å². The number of benzene rings is 1. The van der Waals surface area contributed by atoms with Gasteiger partial charge in [0.25, 0.3) is 0 Å². The summed E-state index contributed by atoms with van der Waals surface area (Å²) in [5, 5.41) is 25.0. The number of hydrogen-bond acceptors (Lipinski definition) is 7. The molecule has 0 fully saturated rings. The van der Waals surface area contributed by atoms with E-state index >= 15 is 0 Å². The van der Waals surface area contributed by atoms with Gasteiger partial charge in [-0.3, -0.25) is 0 Å². The van der Waals surface area contributed by atoms with E-state index in [1.165, 1.54) is 24.3 Å². The fourth-order valence-corrected chi connectivity index (χ4v) is 1.05. The van der Waals surface area contributed by atoms with E-state index in [-0.39, 0.29) is 35.1 Å². The smallest absolute Gasteiger partial charge is 0.478 e. The van der Waals surface area contributed by atoms with Gasteiger partial charge in [0.2, 0.25) is 0 Å². The third-order valence-corrected chi connectivity index (χ3v) is 1.90. The molecule has 1 rings (SSSR count). The van der Waals surface area contributed by atoms with Crippen molar-refractivity contribution in [2.75, 3.05) is 5.43 Å². The van der Waals surface area contributed by atoms with Crippen molar-refractivity contribution >= 4 is 17.5 Å². The Kier molecular flexibility index (Phi) is 7.97. The van der Waals surface area contributed by atoms with Crippen LogP contribution in [0.3, 0.4) is 0 Å². The molecule has 9 nitrogen and oxygen atoms in total. The summed E-state index contributed by atoms with van der Waals surface area (Å²) in [6.07, 6.45) is 1.52. The number of aromatic carboxylic acids is 1. The predicted octanol–water partition coefficient (Wildman–Crippen LogP) is -1.33. The number of amidine groups is 1. The Morgan fingerprint density at radius 1 is 1.35 bits per heavy atom. The van der Waals surface area contributed by atoms with Crippen LogP contribution < -0.4 is 35.0 Å². The summed E-state index contributed by atoms with van der Waals surface area (Å²) in [4.78, 5) is 30.1. The number of nitro groups is 1. The normalized spacial score (nSPS) is 10.7. The molecular weight excluding hydrogens is 279 g/mol. The number of anilines is 1. The maximum absolute atomic E-state index is 10.6. The van der Waals surface area contributed by atoms with Gasteiger partial charge in [0.15, 0.2) is 0 Å². The van der Waals surface area contributed by atoms with Crippen LogP contribution in [0.5, 0.6) is 0 Å². The molecule has 0 heterocycles. The van der Waals surface area contributed by atoms with Gasteiger partial charge in [-0.15, -0.1) is 4.91 Å². The molecule has 1 aromatic carbocycles. The van der Waals surface area contributed by atoms with E-state index in [1.807, 2.05) is 0 Å². The second-order valence-corrected chi connectivity index (χ2v) is 3.14. The number of carboxylic acid groups (broad SMARTS) is 1. The molecule has 0 atom stereocenters. The summed E-state index contributed by atoms with van der Waals surface area (Å²) in [5.74, 6) is -1.69. The molecule has 0 aliphatic carbocycles. The molecule has 0 aromatic heterocycles. The van der Waals surface area contributed by atoms with Gasteiger partial charge in [0.05, 0.1) is 28.6 Å². The molecule has 0 radical (unpaired) electrons. The van der Waals surface area contributed by atoms with Crippen LogP contribution in [0.4, 0.5) is 5.69 Å². The van der Waals surface area contributed by atoms with Gasteiger partial charge >= 0.3 is 41.4 Å². The van der Waals surface area contributed by atoms with Crippen molar-refractivity contribution < 1.29 is 44.4 Å². The maximum atomic E-state index is 10.6. The van der Waals surface area contributed by atoms with E-state index in [2.05, 4.69) is 15.7 Å². The second kappa shape index (κ2) is 8.91. The van der Waals surface area contributed by atoms with Gasteiger partial charge in [-0.1, -0.05) is 0 Å². The predicted molar refractivity (Wildman–Crippen MR) is 66.4 cm³/mol. The van der Waals surface area contributed by atoms with Crippen LogP contribution in [-0.2, 0) is 0 Å². The maximum Gasteiger partial charge on any atom is 1.00 e. The zero-order chi connectivity index (χ0) is 14.3. The number of hydrogen-bond donors (Lipinski definition) is 2. The summed E-state index contributed by atoms with van der Waals surface area (Å²) in [6.45, 7) is 0. The minimum atomic E-state index is -1.08. The number of nitroso groups, excluding NO2 is 1. The Bertz CT molecular complexity index is 555. The first-order chi connectivity index (χ1) is 9.04. The molecule has 0 amide bonds. The average Bonchev–Trinajstić information content (AvgIpc) is 2.39. The Hall–Kier alpha value is -2.10. The Morgan fingerprint density at radius 3 is 2.40 bits per heavy atom. The van der Waals surface area contributed by atoms with Gasteiger partial charge in [-0.05, 0) is 34.4 Å². The fraction of sp³-hybridized carbons (Fsp3) is 0. The molecule has 0 saturated carbocycles. The molecule has 0 bridgehead atoms. The summed E-state index contributed by atoms with van der Waals surface area (Å²) < 4.78 is 0. The Balaban J connectivity index is 0.00000361. The van der Waals surface area contributed by atoms with Crippen molar-refractivity contribution in [2.45, 2.75) is 0 Å². The molecule has 0 saturated heterocycles. The van der Waals surface area contributed by atoms with Crippen LogP contribution in [0.1, 0.15) is 10.4 Å². The molecule has 0 unspecified atom stereocenters. The summed E-state index contributed by atoms with van der Waals surface area (Å²) in [7, 11) is 0. The second-order valence-electron chi connectivity index (χ2n) is 3.14. The van der Waals surface area contributed by atoms with E-state index in [0.29, 0.717) is 11.9 Å². The fourth-order valence-electron chi connectivity index (χ4n) is 1.05. The first-order valence-corrected chi connectivity index (χ1v) is 4.85. The number of carbonyl (C=O) groups is 1. The van der Waals surface area contributed by atoms with E-state index in [9.17, 15) is 19.8 Å². The Morgan fingerprint density at radius 2 is 1.95 bits per heavy atom. The number of hydrazone groups is 1. The zero-order valence-electron chi connectivity index (χ0n) is 10.4. The van der Waals surface area contributed by atoms with Crippen molar-refractivity contribution in [3.8, 4) is 0 Å². The molecule has 0 aliphatic rings. The van der Waals surface area contributed by atoms with E-state index in [0.717, 1.165) is 6.08 Å². The van der Waals surface area contributed by atoms with Crippen molar-refractivity contribution in [3.05, 3.63) is 57.1 Å². The van der Waals surface area contributed by atoms with Crippen LogP contribution in [0.2, 0.25) is 0 Å². The van der Waals surface area contributed by atoms with E-state index in [1.54, 1.807) is 0 Å². The zero-order valence-corrected chi connectivity index (χ0v) is 12.4. The van der Waals surface area contributed by atoms with Crippen molar-refractivity contribution in [2.24, 2.45) is 10.3 Å². The van der Waals surface area contributed by atoms with Gasteiger partial charge in [-0.2, -0.15) is 5.43 Å². The van der Waals surface area contributed by atoms with Gasteiger partial charge in [-0.25, -0.2) is 4.79 Å². The van der Waals surface area contributed by atoms with Crippen LogP contribution in [0.25, 0.3) is 0 Å². The quantitative estimate of drug-likeness (QED) is 0.172. The first kappa shape index (κ1) is 17.9. The molecule has 2 N–H and O–H groups in total.